The zero-order chi connectivity index (χ0) is 30.1. The monoisotopic (exact) mass is 600 g/mol. The van der Waals surface area contributed by atoms with Gasteiger partial charge in [-0.15, -0.1) is 0 Å². The number of benzene rings is 5. The van der Waals surface area contributed by atoms with E-state index in [1.54, 1.807) is 16.7 Å². The standard InChI is InChI=1S/C29H30N2O2S.C8H6N2/c1-34(32,33)31-19-17-30(18-20-31)23-12-9-22(10-13-23)25-7-4-8-26-27(25)15-16-28-24-6-3-2-5-21(24)11-14-29(26)28;1-2-4-8-7(3-1)9-5-6-10-8/h2-3,5-6,9-16,25H,4,7-8,17-20H2,1H3;1-6H. The maximum Gasteiger partial charge on any atom is 0.211 e. The third-order valence-corrected chi connectivity index (χ3v) is 10.4. The quantitative estimate of drug-likeness (QED) is 0.202. The minimum absolute atomic E-state index is 0.427. The number of anilines is 1. The first kappa shape index (κ1) is 28.4. The second kappa shape index (κ2) is 12.0. The summed E-state index contributed by atoms with van der Waals surface area (Å²) in [6.45, 7) is 2.58. The van der Waals surface area contributed by atoms with E-state index in [-0.39, 0.29) is 0 Å². The van der Waals surface area contributed by atoms with Crippen LogP contribution in [0, 0.1) is 0 Å². The molecule has 0 N–H and O–H groups in total. The number of piperazine rings is 1. The topological polar surface area (TPSA) is 66.4 Å². The van der Waals surface area contributed by atoms with Crippen LogP contribution in [-0.4, -0.2) is 55.1 Å². The molecule has 1 saturated heterocycles. The second-order valence-electron chi connectivity index (χ2n) is 11.7. The summed E-state index contributed by atoms with van der Waals surface area (Å²) in [5, 5.41) is 5.41. The Morgan fingerprint density at radius 1 is 0.682 bits per heavy atom. The molecule has 7 heteroatoms. The van der Waals surface area contributed by atoms with E-state index < -0.39 is 10.0 Å². The zero-order valence-corrected chi connectivity index (χ0v) is 25.7. The fourth-order valence-corrected chi connectivity index (χ4v) is 7.69. The van der Waals surface area contributed by atoms with Crippen LogP contribution in [0.4, 0.5) is 5.69 Å². The molecule has 1 aliphatic heterocycles. The molecule has 44 heavy (non-hydrogen) atoms. The van der Waals surface area contributed by atoms with Gasteiger partial charge in [-0.25, -0.2) is 8.42 Å². The van der Waals surface area contributed by atoms with Crippen molar-refractivity contribution in [2.45, 2.75) is 25.2 Å². The van der Waals surface area contributed by atoms with Crippen LogP contribution in [0.5, 0.6) is 0 Å². The molecule has 0 amide bonds. The molecule has 222 valence electrons. The Bertz CT molecular complexity index is 1990. The molecule has 6 aromatic rings. The number of hydrogen-bond acceptors (Lipinski definition) is 5. The van der Waals surface area contributed by atoms with Crippen molar-refractivity contribution in [1.82, 2.24) is 14.3 Å². The van der Waals surface area contributed by atoms with Gasteiger partial charge in [0, 0.05) is 50.2 Å². The number of aromatic nitrogens is 2. The average Bonchev–Trinajstić information content (AvgIpc) is 3.08. The summed E-state index contributed by atoms with van der Waals surface area (Å²) >= 11 is 0. The molecule has 1 aromatic heterocycles. The van der Waals surface area contributed by atoms with Gasteiger partial charge in [0.15, 0.2) is 0 Å². The minimum atomic E-state index is -3.10. The van der Waals surface area contributed by atoms with Crippen molar-refractivity contribution in [3.05, 3.63) is 126 Å². The molecule has 5 aromatic carbocycles. The molecule has 1 fully saturated rings. The average molecular weight is 601 g/mol. The highest BCUT2D eigenvalue weighted by Gasteiger charge is 2.26. The largest absolute Gasteiger partial charge is 0.369 e. The van der Waals surface area contributed by atoms with Crippen LogP contribution >= 0.6 is 0 Å². The van der Waals surface area contributed by atoms with Crippen LogP contribution in [-0.2, 0) is 16.4 Å². The third-order valence-electron chi connectivity index (χ3n) is 9.11. The van der Waals surface area contributed by atoms with E-state index in [1.807, 2.05) is 24.3 Å². The van der Waals surface area contributed by atoms with Crippen molar-refractivity contribution in [1.29, 1.82) is 0 Å². The normalized spacial score (nSPS) is 17.3. The Morgan fingerprint density at radius 3 is 2.05 bits per heavy atom. The molecule has 0 spiro atoms. The molecule has 6 nitrogen and oxygen atoms in total. The van der Waals surface area contributed by atoms with Crippen molar-refractivity contribution in [2.24, 2.45) is 0 Å². The van der Waals surface area contributed by atoms with E-state index in [9.17, 15) is 8.42 Å². The van der Waals surface area contributed by atoms with E-state index in [4.69, 9.17) is 0 Å². The zero-order valence-electron chi connectivity index (χ0n) is 24.9. The Kier molecular flexibility index (Phi) is 7.75. The molecule has 0 saturated carbocycles. The Balaban J connectivity index is 0.000000264. The summed E-state index contributed by atoms with van der Waals surface area (Å²) in [6, 6.07) is 34.7. The lowest BCUT2D eigenvalue weighted by molar-refractivity contribution is 0.388. The van der Waals surface area contributed by atoms with Gasteiger partial charge in [-0.05, 0) is 81.8 Å². The first-order valence-electron chi connectivity index (χ1n) is 15.3. The van der Waals surface area contributed by atoms with Gasteiger partial charge < -0.3 is 4.90 Å². The maximum absolute atomic E-state index is 11.8. The Morgan fingerprint density at radius 2 is 1.34 bits per heavy atom. The predicted octanol–water partition coefficient (Wildman–Crippen LogP) is 7.17. The number of para-hydroxylation sites is 2. The summed E-state index contributed by atoms with van der Waals surface area (Å²) in [4.78, 5) is 10.5. The van der Waals surface area contributed by atoms with Gasteiger partial charge in [-0.3, -0.25) is 9.97 Å². The lowest BCUT2D eigenvalue weighted by Gasteiger charge is -2.35. The van der Waals surface area contributed by atoms with Crippen LogP contribution < -0.4 is 4.90 Å². The Labute approximate surface area is 259 Å². The number of fused-ring (bicyclic) bond motifs is 6. The lowest BCUT2D eigenvalue weighted by atomic mass is 9.77. The first-order chi connectivity index (χ1) is 21.5. The summed E-state index contributed by atoms with van der Waals surface area (Å²) in [6.07, 6.45) is 8.22. The van der Waals surface area contributed by atoms with Crippen molar-refractivity contribution < 1.29 is 8.42 Å². The smallest absolute Gasteiger partial charge is 0.211 e. The second-order valence-corrected chi connectivity index (χ2v) is 13.7. The lowest BCUT2D eigenvalue weighted by Crippen LogP contribution is -2.48. The SMILES string of the molecule is CS(=O)(=O)N1CCN(c2ccc(C3CCCc4c3ccc3c4ccc4ccccc43)cc2)CC1.c1ccc2nccnc2c1. The van der Waals surface area contributed by atoms with Gasteiger partial charge >= 0.3 is 0 Å². The highest BCUT2D eigenvalue weighted by Crippen LogP contribution is 2.41. The third kappa shape index (κ3) is 5.65. The summed E-state index contributed by atoms with van der Waals surface area (Å²) in [5.41, 5.74) is 7.44. The van der Waals surface area contributed by atoms with E-state index >= 15 is 0 Å². The summed E-state index contributed by atoms with van der Waals surface area (Å²) in [7, 11) is -3.10. The van der Waals surface area contributed by atoms with Crippen LogP contribution in [0.25, 0.3) is 32.6 Å². The molecule has 8 rings (SSSR count). The Hall–Kier alpha value is -4.33. The van der Waals surface area contributed by atoms with Crippen molar-refractivity contribution in [2.75, 3.05) is 37.3 Å². The molecule has 1 unspecified atom stereocenters. The fraction of sp³-hybridized carbons (Fsp3) is 0.243. The molecule has 2 heterocycles. The minimum Gasteiger partial charge on any atom is -0.369 e. The van der Waals surface area contributed by atoms with Gasteiger partial charge in [0.2, 0.25) is 10.0 Å². The number of hydrogen-bond donors (Lipinski definition) is 0. The van der Waals surface area contributed by atoms with Crippen LogP contribution in [0.3, 0.4) is 0 Å². The van der Waals surface area contributed by atoms with Crippen molar-refractivity contribution in [3.8, 4) is 0 Å². The van der Waals surface area contributed by atoms with Crippen LogP contribution in [0.2, 0.25) is 0 Å². The number of nitrogens with zero attached hydrogens (tertiary/aromatic N) is 4. The predicted molar refractivity (Wildman–Crippen MR) is 181 cm³/mol. The van der Waals surface area contributed by atoms with Gasteiger partial charge in [0.1, 0.15) is 0 Å². The van der Waals surface area contributed by atoms with Crippen molar-refractivity contribution >= 4 is 48.3 Å². The van der Waals surface area contributed by atoms with Gasteiger partial charge in [0.25, 0.3) is 0 Å². The molecule has 0 radical (unpaired) electrons. The van der Waals surface area contributed by atoms with E-state index in [0.717, 1.165) is 30.5 Å². The highest BCUT2D eigenvalue weighted by molar-refractivity contribution is 7.88. The van der Waals surface area contributed by atoms with E-state index in [2.05, 4.69) is 87.7 Å². The molecule has 1 atom stereocenters. The fourth-order valence-electron chi connectivity index (χ4n) is 6.86. The van der Waals surface area contributed by atoms with Gasteiger partial charge in [-0.2, -0.15) is 4.31 Å². The maximum atomic E-state index is 11.8. The van der Waals surface area contributed by atoms with E-state index in [1.165, 1.54) is 63.0 Å². The summed E-state index contributed by atoms with van der Waals surface area (Å²) in [5.74, 6) is 0.427. The van der Waals surface area contributed by atoms with Crippen LogP contribution in [0.15, 0.2) is 109 Å². The van der Waals surface area contributed by atoms with Crippen LogP contribution in [0.1, 0.15) is 35.4 Å². The number of rotatable bonds is 3. The molecular formula is C37H36N4O2S. The van der Waals surface area contributed by atoms with Gasteiger partial charge in [0.05, 0.1) is 17.3 Å². The molecule has 0 bridgehead atoms. The molecule has 2 aliphatic rings. The summed E-state index contributed by atoms with van der Waals surface area (Å²) < 4.78 is 25.2. The molecular weight excluding hydrogens is 565 g/mol. The van der Waals surface area contributed by atoms with Gasteiger partial charge in [-0.1, -0.05) is 72.8 Å². The number of aryl methyl sites for hydroxylation is 1. The highest BCUT2D eigenvalue weighted by atomic mass is 32.2. The van der Waals surface area contributed by atoms with Crippen molar-refractivity contribution in [3.63, 3.8) is 0 Å². The first-order valence-corrected chi connectivity index (χ1v) is 17.2. The van der Waals surface area contributed by atoms with E-state index in [0.29, 0.717) is 19.0 Å². The molecule has 1 aliphatic carbocycles. The number of sulfonamides is 1.